The third-order valence-electron chi connectivity index (χ3n) is 2.52. The normalized spacial score (nSPS) is 10.3. The van der Waals surface area contributed by atoms with Gasteiger partial charge in [-0.15, -0.1) is 11.6 Å². The molecule has 98 valence electrons. The Kier molecular flexibility index (Phi) is 4.12. The van der Waals surface area contributed by atoms with Crippen LogP contribution in [-0.2, 0) is 5.88 Å². The van der Waals surface area contributed by atoms with E-state index in [2.05, 4.69) is 5.32 Å². The van der Waals surface area contributed by atoms with E-state index >= 15 is 0 Å². The highest BCUT2D eigenvalue weighted by Gasteiger charge is 2.08. The van der Waals surface area contributed by atoms with Crippen LogP contribution in [0.3, 0.4) is 0 Å². The van der Waals surface area contributed by atoms with E-state index in [1.165, 1.54) is 6.07 Å². The Hall–Kier alpha value is -1.94. The number of halogens is 3. The summed E-state index contributed by atoms with van der Waals surface area (Å²) >= 11 is 5.68. The van der Waals surface area contributed by atoms with Gasteiger partial charge in [0.1, 0.15) is 0 Å². The lowest BCUT2D eigenvalue weighted by Crippen LogP contribution is -2.12. The van der Waals surface area contributed by atoms with Gasteiger partial charge in [-0.2, -0.15) is 0 Å². The molecule has 0 aliphatic rings. The van der Waals surface area contributed by atoms with Gasteiger partial charge in [-0.25, -0.2) is 8.78 Å². The molecule has 0 aliphatic carbocycles. The van der Waals surface area contributed by atoms with E-state index in [9.17, 15) is 13.6 Å². The number of hydrogen-bond acceptors (Lipinski definition) is 1. The summed E-state index contributed by atoms with van der Waals surface area (Å²) in [4.78, 5) is 11.9. The summed E-state index contributed by atoms with van der Waals surface area (Å²) in [5.74, 6) is -2.07. The van der Waals surface area contributed by atoms with Crippen LogP contribution in [0.4, 0.5) is 14.5 Å². The molecule has 0 radical (unpaired) electrons. The summed E-state index contributed by atoms with van der Waals surface area (Å²) in [6, 6.07) is 9.94. The van der Waals surface area contributed by atoms with Gasteiger partial charge in [-0.05, 0) is 29.8 Å². The number of nitrogens with one attached hydrogen (secondary N) is 1. The summed E-state index contributed by atoms with van der Waals surface area (Å²) < 4.78 is 25.8. The molecular formula is C14H10ClF2NO. The van der Waals surface area contributed by atoms with Gasteiger partial charge in [0.15, 0.2) is 11.6 Å². The standard InChI is InChI=1S/C14H10ClF2NO/c15-8-9-2-1-3-10(6-9)14(19)18-11-4-5-12(16)13(17)7-11/h1-7H,8H2,(H,18,19). The third-order valence-corrected chi connectivity index (χ3v) is 2.83. The van der Waals surface area contributed by atoms with Gasteiger partial charge in [-0.1, -0.05) is 12.1 Å². The molecule has 5 heteroatoms. The number of carbonyl (C=O) groups is 1. The molecule has 0 unspecified atom stereocenters. The molecule has 0 aromatic heterocycles. The Morgan fingerprint density at radius 2 is 1.89 bits per heavy atom. The number of benzene rings is 2. The fraction of sp³-hybridized carbons (Fsp3) is 0.0714. The van der Waals surface area contributed by atoms with Crippen LogP contribution in [0.5, 0.6) is 0 Å². The minimum Gasteiger partial charge on any atom is -0.322 e. The highest BCUT2D eigenvalue weighted by molar-refractivity contribution is 6.17. The molecule has 0 spiro atoms. The fourth-order valence-electron chi connectivity index (χ4n) is 1.57. The summed E-state index contributed by atoms with van der Waals surface area (Å²) in [5, 5.41) is 2.49. The van der Waals surface area contributed by atoms with Crippen molar-refractivity contribution in [2.45, 2.75) is 5.88 Å². The number of rotatable bonds is 3. The Labute approximate surface area is 114 Å². The smallest absolute Gasteiger partial charge is 0.255 e. The van der Waals surface area contributed by atoms with Crippen LogP contribution < -0.4 is 5.32 Å². The van der Waals surface area contributed by atoms with Crippen LogP contribution in [0.1, 0.15) is 15.9 Å². The van der Waals surface area contributed by atoms with Crippen molar-refractivity contribution in [1.29, 1.82) is 0 Å². The lowest BCUT2D eigenvalue weighted by Gasteiger charge is -2.06. The number of amides is 1. The zero-order valence-corrected chi connectivity index (χ0v) is 10.5. The Balaban J connectivity index is 2.18. The predicted molar refractivity (Wildman–Crippen MR) is 70.3 cm³/mol. The number of carbonyl (C=O) groups excluding carboxylic acids is 1. The average Bonchev–Trinajstić information content (AvgIpc) is 2.43. The van der Waals surface area contributed by atoms with Crippen molar-refractivity contribution in [3.05, 3.63) is 65.2 Å². The Morgan fingerprint density at radius 1 is 1.11 bits per heavy atom. The average molecular weight is 282 g/mol. The van der Waals surface area contributed by atoms with E-state index in [0.717, 1.165) is 17.7 Å². The molecule has 2 aromatic rings. The first-order valence-electron chi connectivity index (χ1n) is 5.51. The van der Waals surface area contributed by atoms with Crippen molar-refractivity contribution in [2.75, 3.05) is 5.32 Å². The monoisotopic (exact) mass is 281 g/mol. The number of anilines is 1. The molecule has 0 bridgehead atoms. The SMILES string of the molecule is O=C(Nc1ccc(F)c(F)c1)c1cccc(CCl)c1. The van der Waals surface area contributed by atoms with E-state index < -0.39 is 17.5 Å². The maximum Gasteiger partial charge on any atom is 0.255 e. The molecule has 0 saturated heterocycles. The first-order chi connectivity index (χ1) is 9.10. The van der Waals surface area contributed by atoms with E-state index in [0.29, 0.717) is 11.4 Å². The van der Waals surface area contributed by atoms with Gasteiger partial charge in [0, 0.05) is 23.2 Å². The molecule has 19 heavy (non-hydrogen) atoms. The second kappa shape index (κ2) is 5.80. The van der Waals surface area contributed by atoms with Crippen LogP contribution in [-0.4, -0.2) is 5.91 Å². The molecular weight excluding hydrogens is 272 g/mol. The maximum absolute atomic E-state index is 13.0. The van der Waals surface area contributed by atoms with Crippen molar-refractivity contribution in [2.24, 2.45) is 0 Å². The predicted octanol–water partition coefficient (Wildman–Crippen LogP) is 3.96. The molecule has 0 atom stereocenters. The van der Waals surface area contributed by atoms with Gasteiger partial charge < -0.3 is 5.32 Å². The van der Waals surface area contributed by atoms with Crippen LogP contribution in [0.2, 0.25) is 0 Å². The third kappa shape index (κ3) is 3.29. The summed E-state index contributed by atoms with van der Waals surface area (Å²) in [6.07, 6.45) is 0. The summed E-state index contributed by atoms with van der Waals surface area (Å²) in [7, 11) is 0. The Bertz CT molecular complexity index is 616. The first kappa shape index (κ1) is 13.5. The molecule has 2 nitrogen and oxygen atoms in total. The van der Waals surface area contributed by atoms with Crippen LogP contribution in [0.25, 0.3) is 0 Å². The molecule has 1 N–H and O–H groups in total. The molecule has 0 fully saturated rings. The van der Waals surface area contributed by atoms with E-state index in [4.69, 9.17) is 11.6 Å². The molecule has 2 aromatic carbocycles. The molecule has 0 aliphatic heterocycles. The maximum atomic E-state index is 13.0. The van der Waals surface area contributed by atoms with Crippen LogP contribution >= 0.6 is 11.6 Å². The largest absolute Gasteiger partial charge is 0.322 e. The van der Waals surface area contributed by atoms with E-state index in [1.54, 1.807) is 24.3 Å². The lowest BCUT2D eigenvalue weighted by atomic mass is 10.1. The van der Waals surface area contributed by atoms with Crippen molar-refractivity contribution >= 4 is 23.2 Å². The summed E-state index contributed by atoms with van der Waals surface area (Å²) in [5.41, 5.74) is 1.41. The summed E-state index contributed by atoms with van der Waals surface area (Å²) in [6.45, 7) is 0. The molecule has 1 amide bonds. The lowest BCUT2D eigenvalue weighted by molar-refractivity contribution is 0.102. The van der Waals surface area contributed by atoms with Crippen molar-refractivity contribution in [1.82, 2.24) is 0 Å². The Morgan fingerprint density at radius 3 is 2.58 bits per heavy atom. The van der Waals surface area contributed by atoms with Gasteiger partial charge >= 0.3 is 0 Å². The van der Waals surface area contributed by atoms with Gasteiger partial charge in [0.2, 0.25) is 0 Å². The fourth-order valence-corrected chi connectivity index (χ4v) is 1.74. The van der Waals surface area contributed by atoms with E-state index in [-0.39, 0.29) is 5.69 Å². The van der Waals surface area contributed by atoms with Crippen molar-refractivity contribution in [3.63, 3.8) is 0 Å². The second-order valence-electron chi connectivity index (χ2n) is 3.92. The number of hydrogen-bond donors (Lipinski definition) is 1. The quantitative estimate of drug-likeness (QED) is 0.848. The number of alkyl halides is 1. The molecule has 0 saturated carbocycles. The highest BCUT2D eigenvalue weighted by atomic mass is 35.5. The second-order valence-corrected chi connectivity index (χ2v) is 4.18. The van der Waals surface area contributed by atoms with Crippen LogP contribution in [0.15, 0.2) is 42.5 Å². The van der Waals surface area contributed by atoms with Gasteiger partial charge in [0.25, 0.3) is 5.91 Å². The van der Waals surface area contributed by atoms with Crippen molar-refractivity contribution in [3.8, 4) is 0 Å². The minimum absolute atomic E-state index is 0.195. The first-order valence-corrected chi connectivity index (χ1v) is 6.05. The zero-order valence-electron chi connectivity index (χ0n) is 9.79. The van der Waals surface area contributed by atoms with Crippen LogP contribution in [0, 0.1) is 11.6 Å². The highest BCUT2D eigenvalue weighted by Crippen LogP contribution is 2.15. The molecule has 2 rings (SSSR count). The van der Waals surface area contributed by atoms with E-state index in [1.807, 2.05) is 0 Å². The topological polar surface area (TPSA) is 29.1 Å². The molecule has 0 heterocycles. The van der Waals surface area contributed by atoms with Gasteiger partial charge in [0.05, 0.1) is 0 Å². The minimum atomic E-state index is -1.01. The van der Waals surface area contributed by atoms with Gasteiger partial charge in [-0.3, -0.25) is 4.79 Å². The zero-order chi connectivity index (χ0) is 13.8. The van der Waals surface area contributed by atoms with Crippen molar-refractivity contribution < 1.29 is 13.6 Å².